The Morgan fingerprint density at radius 2 is 1.67 bits per heavy atom. The van der Waals surface area contributed by atoms with Gasteiger partial charge in [-0.2, -0.15) is 0 Å². The van der Waals surface area contributed by atoms with Crippen molar-refractivity contribution in [2.24, 2.45) is 0 Å². The van der Waals surface area contributed by atoms with Crippen LogP contribution in [0.15, 0.2) is 72.8 Å². The van der Waals surface area contributed by atoms with Crippen molar-refractivity contribution in [2.45, 2.75) is 18.3 Å². The van der Waals surface area contributed by atoms with Crippen molar-refractivity contribution in [3.8, 4) is 0 Å². The topological polar surface area (TPSA) is 40.6 Å². The summed E-state index contributed by atoms with van der Waals surface area (Å²) in [6, 6.07) is 21.4. The lowest BCUT2D eigenvalue weighted by molar-refractivity contribution is -0.123. The quantitative estimate of drug-likeness (QED) is 0.624. The number of anilines is 2. The normalized spacial score (nSPS) is 20.3. The Kier molecular flexibility index (Phi) is 4.40. The summed E-state index contributed by atoms with van der Waals surface area (Å²) in [7, 11) is 0. The van der Waals surface area contributed by atoms with E-state index < -0.39 is 4.87 Å². The van der Waals surface area contributed by atoms with Gasteiger partial charge in [0.1, 0.15) is 5.82 Å². The second kappa shape index (κ2) is 6.99. The second-order valence-electron chi connectivity index (χ2n) is 7.53. The van der Waals surface area contributed by atoms with E-state index in [4.69, 9.17) is 0 Å². The first-order chi connectivity index (χ1) is 14.5. The number of carbonyl (C=O) groups is 2. The third-order valence-corrected chi connectivity index (χ3v) is 7.00. The van der Waals surface area contributed by atoms with Crippen molar-refractivity contribution >= 4 is 35.0 Å². The first-order valence-electron chi connectivity index (χ1n) is 9.70. The number of rotatable bonds is 3. The maximum absolute atomic E-state index is 13.9. The fourth-order valence-corrected chi connectivity index (χ4v) is 5.54. The van der Waals surface area contributed by atoms with Crippen LogP contribution < -0.4 is 9.80 Å². The zero-order valence-corrected chi connectivity index (χ0v) is 17.2. The third kappa shape index (κ3) is 2.75. The van der Waals surface area contributed by atoms with Crippen LogP contribution in [-0.4, -0.2) is 17.6 Å². The number of fused-ring (bicyclic) bond motifs is 2. The largest absolute Gasteiger partial charge is 0.304 e. The molecule has 0 radical (unpaired) electrons. The van der Waals surface area contributed by atoms with Crippen molar-refractivity contribution in [1.82, 2.24) is 0 Å². The van der Waals surface area contributed by atoms with E-state index in [2.05, 4.69) is 0 Å². The standard InChI is InChI=1S/C24H19FN2O2S/c1-16-6-12-19(13-7-16)27-22(28)15-30-24(27)20-4-2-3-5-21(20)26(23(24)29)14-17-8-10-18(25)11-9-17/h2-13H,14-15H2,1H3/t24-/m1/s1. The average molecular weight is 418 g/mol. The molecule has 0 saturated carbocycles. The molecule has 30 heavy (non-hydrogen) atoms. The molecule has 1 fully saturated rings. The van der Waals surface area contributed by atoms with Crippen LogP contribution in [0.4, 0.5) is 15.8 Å². The van der Waals surface area contributed by atoms with Gasteiger partial charge in [-0.15, -0.1) is 11.8 Å². The van der Waals surface area contributed by atoms with E-state index in [1.54, 1.807) is 21.9 Å². The monoisotopic (exact) mass is 418 g/mol. The van der Waals surface area contributed by atoms with E-state index in [-0.39, 0.29) is 23.4 Å². The first kappa shape index (κ1) is 18.9. The Balaban J connectivity index is 1.62. The Bertz CT molecular complexity index is 1150. The number of nitrogens with zero attached hydrogens (tertiary/aromatic N) is 2. The van der Waals surface area contributed by atoms with Crippen molar-refractivity contribution < 1.29 is 14.0 Å². The zero-order chi connectivity index (χ0) is 20.9. The average Bonchev–Trinajstić information content (AvgIpc) is 3.22. The van der Waals surface area contributed by atoms with Crippen molar-refractivity contribution in [3.63, 3.8) is 0 Å². The van der Waals surface area contributed by atoms with Gasteiger partial charge in [0.2, 0.25) is 10.8 Å². The third-order valence-electron chi connectivity index (χ3n) is 5.61. The highest BCUT2D eigenvalue weighted by molar-refractivity contribution is 8.02. The molecule has 0 N–H and O–H groups in total. The number of halogens is 1. The number of carbonyl (C=O) groups excluding carboxylic acids is 2. The number of hydrogen-bond donors (Lipinski definition) is 0. The van der Waals surface area contributed by atoms with Gasteiger partial charge in [-0.3, -0.25) is 14.5 Å². The number of hydrogen-bond acceptors (Lipinski definition) is 3. The molecule has 4 nitrogen and oxygen atoms in total. The number of amides is 2. The van der Waals surface area contributed by atoms with Gasteiger partial charge in [0.05, 0.1) is 18.0 Å². The number of aryl methyl sites for hydroxylation is 1. The summed E-state index contributed by atoms with van der Waals surface area (Å²) in [6.07, 6.45) is 0. The molecule has 2 aliphatic heterocycles. The predicted octanol–water partition coefficient (Wildman–Crippen LogP) is 4.61. The Labute approximate surface area is 178 Å². The second-order valence-corrected chi connectivity index (χ2v) is 8.70. The molecule has 1 spiro atoms. The smallest absolute Gasteiger partial charge is 0.269 e. The van der Waals surface area contributed by atoms with Crippen LogP contribution in [0.2, 0.25) is 0 Å². The molecule has 0 aromatic heterocycles. The molecule has 0 bridgehead atoms. The molecule has 6 heteroatoms. The van der Waals surface area contributed by atoms with Gasteiger partial charge in [-0.1, -0.05) is 48.0 Å². The van der Waals surface area contributed by atoms with E-state index in [0.29, 0.717) is 12.2 Å². The Morgan fingerprint density at radius 3 is 2.40 bits per heavy atom. The number of para-hydroxylation sites is 1. The van der Waals surface area contributed by atoms with E-state index in [0.717, 1.165) is 22.4 Å². The van der Waals surface area contributed by atoms with Crippen molar-refractivity contribution in [2.75, 3.05) is 15.6 Å². The molecule has 0 unspecified atom stereocenters. The van der Waals surface area contributed by atoms with Crippen molar-refractivity contribution in [3.05, 3.63) is 95.3 Å². The molecule has 1 atom stereocenters. The van der Waals surface area contributed by atoms with Gasteiger partial charge in [0.25, 0.3) is 5.91 Å². The van der Waals surface area contributed by atoms with Crippen LogP contribution in [0.1, 0.15) is 16.7 Å². The van der Waals surface area contributed by atoms with Crippen LogP contribution >= 0.6 is 11.8 Å². The SMILES string of the molecule is Cc1ccc(N2C(=O)CS[C@]23C(=O)N(Cc2ccc(F)cc2)c2ccccc23)cc1. The first-order valence-corrected chi connectivity index (χ1v) is 10.7. The van der Waals surface area contributed by atoms with Crippen LogP contribution in [-0.2, 0) is 21.0 Å². The summed E-state index contributed by atoms with van der Waals surface area (Å²) >= 11 is 1.36. The highest BCUT2D eigenvalue weighted by Crippen LogP contribution is 2.55. The lowest BCUT2D eigenvalue weighted by atomic mass is 10.0. The highest BCUT2D eigenvalue weighted by Gasteiger charge is 2.60. The van der Waals surface area contributed by atoms with Gasteiger partial charge >= 0.3 is 0 Å². The highest BCUT2D eigenvalue weighted by atomic mass is 32.2. The minimum absolute atomic E-state index is 0.0874. The molecular weight excluding hydrogens is 399 g/mol. The Hall–Kier alpha value is -3.12. The van der Waals surface area contributed by atoms with E-state index in [1.165, 1.54) is 23.9 Å². The van der Waals surface area contributed by atoms with Gasteiger partial charge in [-0.25, -0.2) is 4.39 Å². The summed E-state index contributed by atoms with van der Waals surface area (Å²) in [5, 5.41) is 0. The summed E-state index contributed by atoms with van der Waals surface area (Å²) in [5.74, 6) is -0.316. The van der Waals surface area contributed by atoms with Crippen molar-refractivity contribution in [1.29, 1.82) is 0 Å². The molecule has 0 aliphatic carbocycles. The number of benzene rings is 3. The summed E-state index contributed by atoms with van der Waals surface area (Å²) in [6.45, 7) is 2.30. The fourth-order valence-electron chi connectivity index (χ4n) is 4.18. The van der Waals surface area contributed by atoms with Crippen LogP contribution in [0.25, 0.3) is 0 Å². The molecule has 2 amide bonds. The van der Waals surface area contributed by atoms with Gasteiger partial charge in [0, 0.05) is 11.3 Å². The van der Waals surface area contributed by atoms with E-state index in [9.17, 15) is 14.0 Å². The molecule has 150 valence electrons. The fraction of sp³-hybridized carbons (Fsp3) is 0.167. The summed E-state index contributed by atoms with van der Waals surface area (Å²) < 4.78 is 13.3. The lowest BCUT2D eigenvalue weighted by Gasteiger charge is -2.33. The number of thioether (sulfide) groups is 1. The molecule has 2 aliphatic rings. The van der Waals surface area contributed by atoms with Crippen LogP contribution in [0.3, 0.4) is 0 Å². The van der Waals surface area contributed by atoms with Gasteiger partial charge < -0.3 is 4.90 Å². The molecule has 3 aromatic rings. The summed E-state index contributed by atoms with van der Waals surface area (Å²) in [4.78, 5) is 29.1. The molecule has 5 rings (SSSR count). The maximum atomic E-state index is 13.9. The molecule has 2 heterocycles. The van der Waals surface area contributed by atoms with Crippen LogP contribution in [0.5, 0.6) is 0 Å². The molecule has 3 aromatic carbocycles. The summed E-state index contributed by atoms with van der Waals surface area (Å²) in [5.41, 5.74) is 4.22. The Morgan fingerprint density at radius 1 is 0.967 bits per heavy atom. The van der Waals surface area contributed by atoms with Gasteiger partial charge in [-0.05, 0) is 42.8 Å². The van der Waals surface area contributed by atoms with E-state index in [1.807, 2.05) is 55.5 Å². The van der Waals surface area contributed by atoms with Crippen LogP contribution in [0, 0.1) is 12.7 Å². The maximum Gasteiger partial charge on any atom is 0.269 e. The minimum atomic E-state index is -1.12. The molecule has 1 saturated heterocycles. The lowest BCUT2D eigenvalue weighted by Crippen LogP contribution is -2.49. The zero-order valence-electron chi connectivity index (χ0n) is 16.3. The predicted molar refractivity (Wildman–Crippen MR) is 117 cm³/mol. The van der Waals surface area contributed by atoms with E-state index >= 15 is 0 Å². The minimum Gasteiger partial charge on any atom is -0.304 e. The molecular formula is C24H19FN2O2S. The van der Waals surface area contributed by atoms with Gasteiger partial charge in [0.15, 0.2) is 0 Å².